The molecule has 0 N–H and O–H groups in total. The molecule has 0 heterocycles. The summed E-state index contributed by atoms with van der Waals surface area (Å²) in [6, 6.07) is 0. The van der Waals surface area contributed by atoms with Crippen molar-refractivity contribution in [2.75, 3.05) is 6.61 Å². The van der Waals surface area contributed by atoms with E-state index in [0.717, 1.165) is 6.61 Å². The van der Waals surface area contributed by atoms with Gasteiger partial charge in [-0.15, -0.1) is 0 Å². The first-order valence-electron chi connectivity index (χ1n) is 4.48. The highest BCUT2D eigenvalue weighted by Gasteiger charge is 2.08. The molecule has 11 heavy (non-hydrogen) atoms. The van der Waals surface area contributed by atoms with Gasteiger partial charge in [-0.25, -0.2) is 0 Å². The molecule has 1 radical (unpaired) electrons. The molecule has 0 unspecified atom stereocenters. The Kier molecular flexibility index (Phi) is 5.57. The maximum absolute atomic E-state index is 5.56. The number of unbranched alkanes of at least 4 members (excludes halogenated alkanes) is 3. The third kappa shape index (κ3) is 9.96. The van der Waals surface area contributed by atoms with Gasteiger partial charge < -0.3 is 4.74 Å². The predicted octanol–water partition coefficient (Wildman–Crippen LogP) is 3.20. The Morgan fingerprint density at radius 3 is 2.27 bits per heavy atom. The summed E-state index contributed by atoms with van der Waals surface area (Å²) < 4.78 is 5.56. The van der Waals surface area contributed by atoms with Crippen molar-refractivity contribution in [2.45, 2.75) is 52.6 Å². The van der Waals surface area contributed by atoms with Crippen LogP contribution in [0.25, 0.3) is 0 Å². The summed E-state index contributed by atoms with van der Waals surface area (Å²) in [6.45, 7) is 9.29. The van der Waals surface area contributed by atoms with E-state index in [-0.39, 0.29) is 5.60 Å². The number of ether oxygens (including phenoxy) is 1. The second kappa shape index (κ2) is 5.59. The molecule has 0 fully saturated rings. The fraction of sp³-hybridized carbons (Fsp3) is 0.900. The van der Waals surface area contributed by atoms with Gasteiger partial charge in [-0.3, -0.25) is 0 Å². The normalized spacial score (nSPS) is 12.0. The van der Waals surface area contributed by atoms with Crippen LogP contribution in [0.5, 0.6) is 0 Å². The van der Waals surface area contributed by atoms with Crippen molar-refractivity contribution in [3.63, 3.8) is 0 Å². The molecule has 0 saturated carbocycles. The van der Waals surface area contributed by atoms with Crippen molar-refractivity contribution in [2.24, 2.45) is 0 Å². The molecule has 0 bridgehead atoms. The first kappa shape index (κ1) is 11.0. The van der Waals surface area contributed by atoms with Gasteiger partial charge in [0.05, 0.1) is 5.60 Å². The molecule has 0 rings (SSSR count). The minimum Gasteiger partial charge on any atom is -0.376 e. The highest BCUT2D eigenvalue weighted by atomic mass is 16.5. The van der Waals surface area contributed by atoms with Crippen LogP contribution >= 0.6 is 0 Å². The van der Waals surface area contributed by atoms with E-state index in [2.05, 4.69) is 34.1 Å². The molecule has 0 amide bonds. The summed E-state index contributed by atoms with van der Waals surface area (Å²) in [7, 11) is 0. The van der Waals surface area contributed by atoms with E-state index in [4.69, 9.17) is 4.74 Å². The Bertz CT molecular complexity index is 81.4. The van der Waals surface area contributed by atoms with E-state index in [1.807, 2.05) is 0 Å². The van der Waals surface area contributed by atoms with Crippen LogP contribution in [-0.4, -0.2) is 12.2 Å². The first-order chi connectivity index (χ1) is 5.06. The fourth-order valence-corrected chi connectivity index (χ4v) is 0.829. The average Bonchev–Trinajstić information content (AvgIpc) is 1.85. The quantitative estimate of drug-likeness (QED) is 0.557. The molecule has 0 aliphatic rings. The fourth-order valence-electron chi connectivity index (χ4n) is 0.829. The van der Waals surface area contributed by atoms with Crippen molar-refractivity contribution in [1.82, 2.24) is 0 Å². The summed E-state index contributed by atoms with van der Waals surface area (Å²) >= 11 is 0. The zero-order chi connectivity index (χ0) is 8.74. The van der Waals surface area contributed by atoms with Gasteiger partial charge in [-0.1, -0.05) is 19.8 Å². The Hall–Kier alpha value is -0.0400. The largest absolute Gasteiger partial charge is 0.376 e. The number of rotatable bonds is 5. The maximum Gasteiger partial charge on any atom is 0.0598 e. The number of hydrogen-bond acceptors (Lipinski definition) is 1. The monoisotopic (exact) mass is 157 g/mol. The van der Waals surface area contributed by atoms with Gasteiger partial charge in [0.2, 0.25) is 0 Å². The Labute approximate surface area is 71.1 Å². The van der Waals surface area contributed by atoms with E-state index >= 15 is 0 Å². The molecule has 0 aliphatic heterocycles. The van der Waals surface area contributed by atoms with Crippen LogP contribution in [0.2, 0.25) is 0 Å². The van der Waals surface area contributed by atoms with Crippen LogP contribution < -0.4 is 0 Å². The van der Waals surface area contributed by atoms with Gasteiger partial charge in [-0.2, -0.15) is 0 Å². The lowest BCUT2D eigenvalue weighted by atomic mass is 10.2. The van der Waals surface area contributed by atoms with E-state index in [9.17, 15) is 0 Å². The van der Waals surface area contributed by atoms with E-state index in [0.29, 0.717) is 0 Å². The predicted molar refractivity (Wildman–Crippen MR) is 49.5 cm³/mol. The van der Waals surface area contributed by atoms with Crippen LogP contribution in [0.15, 0.2) is 0 Å². The van der Waals surface area contributed by atoms with Crippen LogP contribution in [0.3, 0.4) is 0 Å². The second-order valence-corrected chi connectivity index (χ2v) is 3.86. The molecule has 1 heteroatoms. The molecule has 0 saturated heterocycles. The molecule has 0 spiro atoms. The standard InChI is InChI=1S/C10H21O/c1-5-6-7-8-9-11-10(2,3)4/h5H,6-9H2,1-4H3. The smallest absolute Gasteiger partial charge is 0.0598 e. The summed E-state index contributed by atoms with van der Waals surface area (Å²) in [5.41, 5.74) is 0.0376. The Morgan fingerprint density at radius 1 is 1.18 bits per heavy atom. The van der Waals surface area contributed by atoms with Crippen molar-refractivity contribution in [3.8, 4) is 0 Å². The van der Waals surface area contributed by atoms with Crippen molar-refractivity contribution in [3.05, 3.63) is 6.42 Å². The van der Waals surface area contributed by atoms with E-state index in [1.165, 1.54) is 19.3 Å². The summed E-state index contributed by atoms with van der Waals surface area (Å²) in [4.78, 5) is 0. The van der Waals surface area contributed by atoms with Gasteiger partial charge in [-0.05, 0) is 33.6 Å². The first-order valence-corrected chi connectivity index (χ1v) is 4.48. The molecular weight excluding hydrogens is 136 g/mol. The van der Waals surface area contributed by atoms with Crippen molar-refractivity contribution >= 4 is 0 Å². The third-order valence-corrected chi connectivity index (χ3v) is 1.42. The van der Waals surface area contributed by atoms with Crippen LogP contribution in [0.1, 0.15) is 47.0 Å². The minimum absolute atomic E-state index is 0.0376. The van der Waals surface area contributed by atoms with Gasteiger partial charge in [0.25, 0.3) is 0 Å². The molecular formula is C10H21O. The van der Waals surface area contributed by atoms with E-state index in [1.54, 1.807) is 0 Å². The van der Waals surface area contributed by atoms with Crippen LogP contribution in [0.4, 0.5) is 0 Å². The maximum atomic E-state index is 5.56. The topological polar surface area (TPSA) is 9.23 Å². The van der Waals surface area contributed by atoms with Gasteiger partial charge in [0.1, 0.15) is 0 Å². The second-order valence-electron chi connectivity index (χ2n) is 3.86. The van der Waals surface area contributed by atoms with E-state index < -0.39 is 0 Å². The molecule has 1 nitrogen and oxygen atoms in total. The third-order valence-electron chi connectivity index (χ3n) is 1.42. The SMILES string of the molecule is C[CH]CCCCOC(C)(C)C. The average molecular weight is 157 g/mol. The zero-order valence-electron chi connectivity index (χ0n) is 8.31. The van der Waals surface area contributed by atoms with Crippen molar-refractivity contribution < 1.29 is 4.74 Å². The summed E-state index contributed by atoms with van der Waals surface area (Å²) in [5, 5.41) is 0. The lowest BCUT2D eigenvalue weighted by Crippen LogP contribution is -2.19. The molecule has 67 valence electrons. The molecule has 0 aliphatic carbocycles. The summed E-state index contributed by atoms with van der Waals surface area (Å²) in [6.07, 6.45) is 5.86. The Morgan fingerprint density at radius 2 is 1.82 bits per heavy atom. The number of hydrogen-bond donors (Lipinski definition) is 0. The van der Waals surface area contributed by atoms with Gasteiger partial charge >= 0.3 is 0 Å². The minimum atomic E-state index is 0.0376. The van der Waals surface area contributed by atoms with Crippen LogP contribution in [-0.2, 0) is 4.74 Å². The molecule has 0 atom stereocenters. The van der Waals surface area contributed by atoms with Crippen LogP contribution in [0, 0.1) is 6.42 Å². The van der Waals surface area contributed by atoms with Gasteiger partial charge in [0.15, 0.2) is 0 Å². The lowest BCUT2D eigenvalue weighted by molar-refractivity contribution is -0.00453. The zero-order valence-corrected chi connectivity index (χ0v) is 8.31. The highest BCUT2D eigenvalue weighted by molar-refractivity contribution is 4.59. The summed E-state index contributed by atoms with van der Waals surface area (Å²) in [5.74, 6) is 0. The highest BCUT2D eigenvalue weighted by Crippen LogP contribution is 2.08. The van der Waals surface area contributed by atoms with Gasteiger partial charge in [0, 0.05) is 6.61 Å². The molecule has 0 aromatic rings. The molecule has 0 aromatic carbocycles. The Balaban J connectivity index is 3.02. The van der Waals surface area contributed by atoms with Crippen molar-refractivity contribution in [1.29, 1.82) is 0 Å². The lowest BCUT2D eigenvalue weighted by Gasteiger charge is -2.19. The molecule has 0 aromatic heterocycles.